The van der Waals surface area contributed by atoms with Crippen LogP contribution < -0.4 is 14.8 Å². The monoisotopic (exact) mass is 528 g/mol. The number of methoxy groups -OCH3 is 1. The second kappa shape index (κ2) is 11.2. The molecule has 1 saturated heterocycles. The topological polar surface area (TPSA) is 107 Å². The summed E-state index contributed by atoms with van der Waals surface area (Å²) in [7, 11) is 1.21. The predicted octanol–water partition coefficient (Wildman–Crippen LogP) is 4.93. The number of nitrogens with zero attached hydrogens (tertiary/aromatic N) is 1. The average molecular weight is 529 g/mol. The number of imide groups is 1. The lowest BCUT2D eigenvalue weighted by molar-refractivity contribution is -0.123. The molecule has 1 aliphatic heterocycles. The van der Waals surface area contributed by atoms with Gasteiger partial charge in [0.05, 0.1) is 25.3 Å². The lowest BCUT2D eigenvalue weighted by Gasteiger charge is -2.15. The van der Waals surface area contributed by atoms with E-state index in [0.717, 1.165) is 4.90 Å². The molecule has 3 amide bonds. The molecule has 11 heteroatoms. The zero-order valence-electron chi connectivity index (χ0n) is 19.9. The van der Waals surface area contributed by atoms with Gasteiger partial charge in [0.2, 0.25) is 5.76 Å². The minimum absolute atomic E-state index is 0.00304. The molecule has 4 rings (SSSR count). The number of hydrogen-bond donors (Lipinski definition) is 1. The van der Waals surface area contributed by atoms with E-state index in [1.807, 2.05) is 0 Å². The number of rotatable bonds is 9. The van der Waals surface area contributed by atoms with Gasteiger partial charge in [-0.25, -0.2) is 14.0 Å². The van der Waals surface area contributed by atoms with Crippen LogP contribution in [-0.4, -0.2) is 36.5 Å². The van der Waals surface area contributed by atoms with Gasteiger partial charge >= 0.3 is 12.0 Å². The fraction of sp³-hybridized carbons (Fsp3) is 0.192. The number of benzene rings is 2. The van der Waals surface area contributed by atoms with E-state index >= 15 is 0 Å². The number of carbonyl (C=O) groups excluding carboxylic acids is 3. The van der Waals surface area contributed by atoms with Gasteiger partial charge in [-0.05, 0) is 48.9 Å². The molecular formula is C26H22ClFN2O7. The molecule has 0 aliphatic carbocycles. The van der Waals surface area contributed by atoms with Crippen LogP contribution in [0.5, 0.6) is 11.5 Å². The summed E-state index contributed by atoms with van der Waals surface area (Å²) < 4.78 is 35.3. The van der Waals surface area contributed by atoms with Gasteiger partial charge in [0.15, 0.2) is 11.5 Å². The number of carbonyl (C=O) groups is 3. The number of hydrogen-bond acceptors (Lipinski definition) is 7. The Morgan fingerprint density at radius 2 is 1.95 bits per heavy atom. The highest BCUT2D eigenvalue weighted by Gasteiger charge is 2.34. The molecule has 3 aromatic rings. The first-order valence-electron chi connectivity index (χ1n) is 11.1. The predicted molar refractivity (Wildman–Crippen MR) is 130 cm³/mol. The molecule has 0 unspecified atom stereocenters. The molecule has 1 N–H and O–H groups in total. The van der Waals surface area contributed by atoms with Crippen LogP contribution in [0.1, 0.15) is 34.4 Å². The van der Waals surface area contributed by atoms with Crippen LogP contribution in [0.15, 0.2) is 58.6 Å². The number of esters is 1. The Morgan fingerprint density at radius 3 is 2.68 bits per heavy atom. The van der Waals surface area contributed by atoms with E-state index in [1.165, 1.54) is 37.5 Å². The average Bonchev–Trinajstić information content (AvgIpc) is 3.44. The minimum Gasteiger partial charge on any atom is -0.490 e. The third kappa shape index (κ3) is 5.75. The van der Waals surface area contributed by atoms with E-state index in [1.54, 1.807) is 31.2 Å². The Bertz CT molecular complexity index is 1380. The molecule has 0 radical (unpaired) electrons. The van der Waals surface area contributed by atoms with Gasteiger partial charge in [-0.1, -0.05) is 29.8 Å². The van der Waals surface area contributed by atoms with Gasteiger partial charge in [0, 0.05) is 5.56 Å². The lowest BCUT2D eigenvalue weighted by atomic mass is 10.1. The number of amides is 3. The molecule has 1 aliphatic rings. The van der Waals surface area contributed by atoms with Gasteiger partial charge in [0.1, 0.15) is 23.9 Å². The highest BCUT2D eigenvalue weighted by atomic mass is 35.5. The molecular weight excluding hydrogens is 507 g/mol. The second-order valence-electron chi connectivity index (χ2n) is 7.78. The molecule has 2 aromatic carbocycles. The molecule has 1 fully saturated rings. The summed E-state index contributed by atoms with van der Waals surface area (Å²) in [5.41, 5.74) is 0.813. The van der Waals surface area contributed by atoms with Crippen molar-refractivity contribution in [2.24, 2.45) is 0 Å². The SMILES string of the molecule is CCOc1cc(/C=C2\NC(=O)N(Cc3ccc(C(=O)OC)o3)C2=O)cc(Cl)c1OCc1ccccc1F. The van der Waals surface area contributed by atoms with Crippen LogP contribution in [0.25, 0.3) is 6.08 Å². The summed E-state index contributed by atoms with van der Waals surface area (Å²) >= 11 is 6.44. The molecule has 2 heterocycles. The van der Waals surface area contributed by atoms with E-state index in [0.29, 0.717) is 17.7 Å². The van der Waals surface area contributed by atoms with Crippen molar-refractivity contribution >= 4 is 35.6 Å². The summed E-state index contributed by atoms with van der Waals surface area (Å²) in [5, 5.41) is 2.68. The summed E-state index contributed by atoms with van der Waals surface area (Å²) in [6.45, 7) is 1.82. The zero-order valence-corrected chi connectivity index (χ0v) is 20.6. The van der Waals surface area contributed by atoms with Crippen LogP contribution >= 0.6 is 11.6 Å². The summed E-state index contributed by atoms with van der Waals surface area (Å²) in [6, 6.07) is 11.5. The van der Waals surface area contributed by atoms with Crippen molar-refractivity contribution in [3.63, 3.8) is 0 Å². The van der Waals surface area contributed by atoms with Crippen LogP contribution in [0, 0.1) is 5.82 Å². The van der Waals surface area contributed by atoms with Gasteiger partial charge in [-0.15, -0.1) is 0 Å². The molecule has 0 saturated carbocycles. The first kappa shape index (κ1) is 25.8. The summed E-state index contributed by atoms with van der Waals surface area (Å²) in [5.74, 6) is -0.996. The molecule has 1 aromatic heterocycles. The van der Waals surface area contributed by atoms with Crippen molar-refractivity contribution < 1.29 is 37.4 Å². The smallest absolute Gasteiger partial charge is 0.373 e. The van der Waals surface area contributed by atoms with Crippen molar-refractivity contribution in [3.8, 4) is 11.5 Å². The third-order valence-electron chi connectivity index (χ3n) is 5.30. The maximum absolute atomic E-state index is 14.0. The Labute approximate surface area is 216 Å². The first-order chi connectivity index (χ1) is 17.8. The van der Waals surface area contributed by atoms with Crippen LogP contribution in [-0.2, 0) is 22.7 Å². The van der Waals surface area contributed by atoms with Gasteiger partial charge in [0.25, 0.3) is 5.91 Å². The highest BCUT2D eigenvalue weighted by molar-refractivity contribution is 6.32. The van der Waals surface area contributed by atoms with Gasteiger partial charge in [-0.3, -0.25) is 9.69 Å². The number of ether oxygens (including phenoxy) is 3. The Balaban J connectivity index is 1.53. The molecule has 0 bridgehead atoms. The van der Waals surface area contributed by atoms with Crippen LogP contribution in [0.3, 0.4) is 0 Å². The van der Waals surface area contributed by atoms with Crippen molar-refractivity contribution in [3.05, 3.63) is 87.7 Å². The standard InChI is InChI=1S/C26H22ClFN2O7/c1-3-35-22-12-15(10-18(27)23(22)36-14-16-6-4-5-7-19(16)28)11-20-24(31)30(26(33)29-20)13-17-8-9-21(37-17)25(32)34-2/h4-12H,3,13-14H2,1-2H3,(H,29,33)/b20-11-. The van der Waals surface area contributed by atoms with Crippen LogP contribution in [0.4, 0.5) is 9.18 Å². The number of halogens is 2. The van der Waals surface area contributed by atoms with E-state index in [4.69, 9.17) is 25.5 Å². The first-order valence-corrected chi connectivity index (χ1v) is 11.5. The van der Waals surface area contributed by atoms with E-state index in [-0.39, 0.29) is 46.9 Å². The fourth-order valence-electron chi connectivity index (χ4n) is 3.55. The molecule has 37 heavy (non-hydrogen) atoms. The minimum atomic E-state index is -0.674. The van der Waals surface area contributed by atoms with Gasteiger partial charge < -0.3 is 23.9 Å². The molecule has 0 spiro atoms. The molecule has 9 nitrogen and oxygen atoms in total. The Morgan fingerprint density at radius 1 is 1.16 bits per heavy atom. The maximum atomic E-state index is 14.0. The number of urea groups is 1. The zero-order chi connectivity index (χ0) is 26.5. The highest BCUT2D eigenvalue weighted by Crippen LogP contribution is 2.38. The van der Waals surface area contributed by atoms with Crippen molar-refractivity contribution in [1.29, 1.82) is 0 Å². The van der Waals surface area contributed by atoms with E-state index in [2.05, 4.69) is 10.1 Å². The fourth-order valence-corrected chi connectivity index (χ4v) is 3.82. The largest absolute Gasteiger partial charge is 0.490 e. The normalized spacial score (nSPS) is 14.2. The second-order valence-corrected chi connectivity index (χ2v) is 8.19. The third-order valence-corrected chi connectivity index (χ3v) is 5.58. The summed E-state index contributed by atoms with van der Waals surface area (Å²) in [6.07, 6.45) is 1.44. The van der Waals surface area contributed by atoms with Crippen LogP contribution in [0.2, 0.25) is 5.02 Å². The molecule has 0 atom stereocenters. The summed E-state index contributed by atoms with van der Waals surface area (Å²) in [4.78, 5) is 37.8. The Kier molecular flexibility index (Phi) is 7.78. The Hall–Kier alpha value is -4.31. The van der Waals surface area contributed by atoms with E-state index < -0.39 is 23.7 Å². The lowest BCUT2D eigenvalue weighted by Crippen LogP contribution is -2.30. The van der Waals surface area contributed by atoms with E-state index in [9.17, 15) is 18.8 Å². The molecule has 192 valence electrons. The van der Waals surface area contributed by atoms with Crippen molar-refractivity contribution in [2.45, 2.75) is 20.1 Å². The quantitative estimate of drug-likeness (QED) is 0.238. The maximum Gasteiger partial charge on any atom is 0.373 e. The number of furan rings is 1. The van der Waals surface area contributed by atoms with Crippen molar-refractivity contribution in [2.75, 3.05) is 13.7 Å². The van der Waals surface area contributed by atoms with Crippen molar-refractivity contribution in [1.82, 2.24) is 10.2 Å². The number of nitrogens with one attached hydrogen (secondary N) is 1. The van der Waals surface area contributed by atoms with Gasteiger partial charge in [-0.2, -0.15) is 0 Å².